The third-order valence-corrected chi connectivity index (χ3v) is 2.72. The molecule has 1 aliphatic rings. The number of anilines is 1. The maximum absolute atomic E-state index is 11.9. The largest absolute Gasteiger partial charge is 0.304 e. The summed E-state index contributed by atoms with van der Waals surface area (Å²) in [7, 11) is 1.54. The molecule has 2 rings (SSSR count). The smallest absolute Gasteiger partial charge is 0.273 e. The number of H-pyrrole nitrogens is 1. The predicted octanol–water partition coefficient (Wildman–Crippen LogP) is 0.519. The molecule has 7 nitrogen and oxygen atoms in total. The number of aromatic amines is 1. The zero-order chi connectivity index (χ0) is 13.1. The van der Waals surface area contributed by atoms with Crippen molar-refractivity contribution in [2.75, 3.05) is 12.4 Å². The lowest BCUT2D eigenvalue weighted by Gasteiger charge is -2.18. The lowest BCUT2D eigenvalue weighted by atomic mass is 10.1. The molecule has 96 valence electrons. The fraction of sp³-hybridized carbons (Fsp3) is 0.455. The van der Waals surface area contributed by atoms with Crippen LogP contribution in [-0.2, 0) is 16.0 Å². The van der Waals surface area contributed by atoms with Crippen LogP contribution in [0.4, 0.5) is 5.82 Å². The second-order valence-corrected chi connectivity index (χ2v) is 4.05. The van der Waals surface area contributed by atoms with E-state index < -0.39 is 0 Å². The molecule has 0 bridgehead atoms. The lowest BCUT2D eigenvalue weighted by molar-refractivity contribution is -0.130. The molecule has 7 heteroatoms. The van der Waals surface area contributed by atoms with E-state index in [0.717, 1.165) is 12.1 Å². The van der Waals surface area contributed by atoms with Crippen molar-refractivity contribution in [2.45, 2.75) is 26.2 Å². The van der Waals surface area contributed by atoms with Gasteiger partial charge in [0.25, 0.3) is 5.91 Å². The number of amides is 2. The van der Waals surface area contributed by atoms with E-state index in [0.29, 0.717) is 24.4 Å². The molecule has 0 atom stereocenters. The SMILES string of the molecule is CCc1cc(NC(=O)C2=NN(C)C(=O)CC2)n[nH]1. The van der Waals surface area contributed by atoms with Crippen molar-refractivity contribution in [1.82, 2.24) is 15.2 Å². The molecular formula is C11H15N5O2. The number of hydrazone groups is 1. The first kappa shape index (κ1) is 12.3. The van der Waals surface area contributed by atoms with Crippen LogP contribution < -0.4 is 5.32 Å². The zero-order valence-electron chi connectivity index (χ0n) is 10.4. The second-order valence-electron chi connectivity index (χ2n) is 4.05. The monoisotopic (exact) mass is 249 g/mol. The molecule has 2 amide bonds. The van der Waals surface area contributed by atoms with E-state index in [1.807, 2.05) is 6.92 Å². The Hall–Kier alpha value is -2.18. The number of rotatable bonds is 3. The van der Waals surface area contributed by atoms with E-state index in [9.17, 15) is 9.59 Å². The Morgan fingerprint density at radius 1 is 1.56 bits per heavy atom. The maximum Gasteiger partial charge on any atom is 0.273 e. The van der Waals surface area contributed by atoms with E-state index in [2.05, 4.69) is 20.6 Å². The van der Waals surface area contributed by atoms with Crippen molar-refractivity contribution >= 4 is 23.3 Å². The first-order valence-electron chi connectivity index (χ1n) is 5.80. The average molecular weight is 249 g/mol. The fourth-order valence-electron chi connectivity index (χ4n) is 1.63. The minimum atomic E-state index is -0.316. The number of nitrogens with zero attached hydrogens (tertiary/aromatic N) is 3. The number of carbonyl (C=O) groups excluding carboxylic acids is 2. The fourth-order valence-corrected chi connectivity index (χ4v) is 1.63. The number of hydrogen-bond acceptors (Lipinski definition) is 4. The van der Waals surface area contributed by atoms with Gasteiger partial charge in [0.1, 0.15) is 5.71 Å². The summed E-state index contributed by atoms with van der Waals surface area (Å²) in [5, 5.41) is 14.6. The average Bonchev–Trinajstić information content (AvgIpc) is 2.80. The second kappa shape index (κ2) is 4.99. The molecular weight excluding hydrogens is 234 g/mol. The molecule has 0 saturated heterocycles. The van der Waals surface area contributed by atoms with Crippen molar-refractivity contribution < 1.29 is 9.59 Å². The van der Waals surface area contributed by atoms with E-state index in [-0.39, 0.29) is 11.8 Å². The van der Waals surface area contributed by atoms with E-state index in [1.165, 1.54) is 5.01 Å². The van der Waals surface area contributed by atoms with Crippen molar-refractivity contribution in [3.05, 3.63) is 11.8 Å². The molecule has 1 aromatic rings. The van der Waals surface area contributed by atoms with Crippen molar-refractivity contribution in [1.29, 1.82) is 0 Å². The highest BCUT2D eigenvalue weighted by atomic mass is 16.2. The number of aromatic nitrogens is 2. The summed E-state index contributed by atoms with van der Waals surface area (Å²) >= 11 is 0. The first-order valence-corrected chi connectivity index (χ1v) is 5.80. The quantitative estimate of drug-likeness (QED) is 0.818. The summed E-state index contributed by atoms with van der Waals surface area (Å²) in [6.07, 6.45) is 1.49. The highest BCUT2D eigenvalue weighted by Crippen LogP contribution is 2.10. The van der Waals surface area contributed by atoms with Crippen molar-refractivity contribution in [3.63, 3.8) is 0 Å². The highest BCUT2D eigenvalue weighted by Gasteiger charge is 2.22. The topological polar surface area (TPSA) is 90.4 Å². The summed E-state index contributed by atoms with van der Waals surface area (Å²) in [6, 6.07) is 1.77. The number of nitrogens with one attached hydrogen (secondary N) is 2. The van der Waals surface area contributed by atoms with Gasteiger partial charge in [0.2, 0.25) is 5.91 Å². The minimum Gasteiger partial charge on any atom is -0.304 e. The number of aryl methyl sites for hydroxylation is 1. The predicted molar refractivity (Wildman–Crippen MR) is 66.0 cm³/mol. The summed E-state index contributed by atoms with van der Waals surface area (Å²) in [5.41, 5.74) is 1.29. The third kappa shape index (κ3) is 2.55. The van der Waals surface area contributed by atoms with Gasteiger partial charge in [-0.05, 0) is 6.42 Å². The van der Waals surface area contributed by atoms with Gasteiger partial charge in [0.05, 0.1) is 0 Å². The molecule has 1 aliphatic heterocycles. The molecule has 0 spiro atoms. The van der Waals surface area contributed by atoms with Gasteiger partial charge < -0.3 is 5.32 Å². The van der Waals surface area contributed by atoms with Crippen LogP contribution in [0.1, 0.15) is 25.5 Å². The Balaban J connectivity index is 2.04. The van der Waals surface area contributed by atoms with Gasteiger partial charge in [0.15, 0.2) is 5.82 Å². The summed E-state index contributed by atoms with van der Waals surface area (Å²) in [5.74, 6) is 0.0715. The summed E-state index contributed by atoms with van der Waals surface area (Å²) in [4.78, 5) is 23.1. The zero-order valence-corrected chi connectivity index (χ0v) is 10.4. The Morgan fingerprint density at radius 3 is 2.94 bits per heavy atom. The summed E-state index contributed by atoms with van der Waals surface area (Å²) in [6.45, 7) is 1.99. The maximum atomic E-state index is 11.9. The van der Waals surface area contributed by atoms with Gasteiger partial charge in [0, 0.05) is 31.6 Å². The molecule has 0 aromatic carbocycles. The van der Waals surface area contributed by atoms with Crippen molar-refractivity contribution in [2.24, 2.45) is 5.10 Å². The number of hydrogen-bond donors (Lipinski definition) is 2. The van der Waals surface area contributed by atoms with Gasteiger partial charge >= 0.3 is 0 Å². The molecule has 0 fully saturated rings. The van der Waals surface area contributed by atoms with Crippen molar-refractivity contribution in [3.8, 4) is 0 Å². The minimum absolute atomic E-state index is 0.0837. The van der Waals surface area contributed by atoms with Crippen LogP contribution in [0.25, 0.3) is 0 Å². The van der Waals surface area contributed by atoms with E-state index in [1.54, 1.807) is 13.1 Å². The first-order chi connectivity index (χ1) is 8.60. The van der Waals surface area contributed by atoms with Crippen LogP contribution in [-0.4, -0.2) is 39.8 Å². The molecule has 2 N–H and O–H groups in total. The lowest BCUT2D eigenvalue weighted by Crippen LogP contribution is -2.34. The standard InChI is InChI=1S/C11H15N5O2/c1-3-7-6-9(14-13-7)12-11(18)8-4-5-10(17)16(2)15-8/h6H,3-5H2,1-2H3,(H2,12,13,14,18). The highest BCUT2D eigenvalue weighted by molar-refractivity contribution is 6.43. The molecule has 18 heavy (non-hydrogen) atoms. The van der Waals surface area contributed by atoms with Crippen LogP contribution in [0.2, 0.25) is 0 Å². The number of carbonyl (C=O) groups is 2. The van der Waals surface area contributed by atoms with Gasteiger partial charge in [-0.2, -0.15) is 10.2 Å². The molecule has 1 aromatic heterocycles. The van der Waals surface area contributed by atoms with E-state index in [4.69, 9.17) is 0 Å². The van der Waals surface area contributed by atoms with Gasteiger partial charge in [-0.1, -0.05) is 6.92 Å². The van der Waals surface area contributed by atoms with Gasteiger partial charge in [-0.15, -0.1) is 0 Å². The third-order valence-electron chi connectivity index (χ3n) is 2.72. The molecule has 0 radical (unpaired) electrons. The van der Waals surface area contributed by atoms with Crippen LogP contribution in [0.3, 0.4) is 0 Å². The molecule has 0 aliphatic carbocycles. The van der Waals surface area contributed by atoms with Crippen LogP contribution in [0.5, 0.6) is 0 Å². The van der Waals surface area contributed by atoms with Crippen LogP contribution >= 0.6 is 0 Å². The van der Waals surface area contributed by atoms with Crippen LogP contribution in [0, 0.1) is 0 Å². The summed E-state index contributed by atoms with van der Waals surface area (Å²) < 4.78 is 0. The Labute approximate surface area is 104 Å². The van der Waals surface area contributed by atoms with Gasteiger partial charge in [-0.25, -0.2) is 5.01 Å². The van der Waals surface area contributed by atoms with Crippen LogP contribution in [0.15, 0.2) is 11.2 Å². The molecule has 0 unspecified atom stereocenters. The molecule has 2 heterocycles. The Bertz CT molecular complexity index is 505. The normalized spacial score (nSPS) is 15.6. The Kier molecular flexibility index (Phi) is 3.40. The van der Waals surface area contributed by atoms with E-state index >= 15 is 0 Å². The Morgan fingerprint density at radius 2 is 2.33 bits per heavy atom. The van der Waals surface area contributed by atoms with Gasteiger partial charge in [-0.3, -0.25) is 14.7 Å². The molecule has 0 saturated carbocycles.